The van der Waals surface area contributed by atoms with Gasteiger partial charge in [-0.2, -0.15) is 0 Å². The minimum atomic E-state index is 0.128. The van der Waals surface area contributed by atoms with E-state index in [4.69, 9.17) is 9.73 Å². The van der Waals surface area contributed by atoms with E-state index in [1.165, 1.54) is 9.79 Å². The van der Waals surface area contributed by atoms with Crippen LogP contribution in [-0.2, 0) is 4.74 Å². The number of rotatable bonds is 3. The fourth-order valence-corrected chi connectivity index (χ4v) is 3.27. The Labute approximate surface area is 136 Å². The van der Waals surface area contributed by atoms with Crippen molar-refractivity contribution in [3.8, 4) is 0 Å². The fourth-order valence-electron chi connectivity index (χ4n) is 2.31. The molecule has 0 unspecified atom stereocenters. The van der Waals surface area contributed by atoms with Crippen molar-refractivity contribution in [2.24, 2.45) is 10.4 Å². The quantitative estimate of drug-likeness (QED) is 0.793. The fraction of sp³-hybridized carbons (Fsp3) is 0.316. The largest absolute Gasteiger partial charge is 0.475 e. The summed E-state index contributed by atoms with van der Waals surface area (Å²) in [5.41, 5.74) is 1.21. The minimum Gasteiger partial charge on any atom is -0.475 e. The molecular formula is C19H21NOS. The third-order valence-corrected chi connectivity index (χ3v) is 4.82. The molecule has 1 heterocycles. The van der Waals surface area contributed by atoms with Crippen LogP contribution in [0.5, 0.6) is 0 Å². The molecule has 0 aromatic heterocycles. The summed E-state index contributed by atoms with van der Waals surface area (Å²) in [6.07, 6.45) is 0. The van der Waals surface area contributed by atoms with Gasteiger partial charge in [0.25, 0.3) is 0 Å². The highest BCUT2D eigenvalue weighted by Gasteiger charge is 2.31. The number of hydrogen-bond donors (Lipinski definition) is 0. The van der Waals surface area contributed by atoms with Crippen molar-refractivity contribution in [3.63, 3.8) is 0 Å². The molecule has 0 radical (unpaired) electrons. The normalized spacial score (nSPS) is 18.0. The summed E-state index contributed by atoms with van der Waals surface area (Å²) in [4.78, 5) is 7.22. The predicted molar refractivity (Wildman–Crippen MR) is 92.7 cm³/mol. The minimum absolute atomic E-state index is 0.128. The summed E-state index contributed by atoms with van der Waals surface area (Å²) in [6.45, 7) is 7.29. The summed E-state index contributed by atoms with van der Waals surface area (Å²) >= 11 is 1.75. The Balaban J connectivity index is 1.89. The lowest BCUT2D eigenvalue weighted by Gasteiger charge is -2.21. The average Bonchev–Trinajstić information content (AvgIpc) is 2.99. The molecule has 0 amide bonds. The summed E-state index contributed by atoms with van der Waals surface area (Å²) in [6, 6.07) is 18.9. The van der Waals surface area contributed by atoms with Crippen LogP contribution in [0.4, 0.5) is 0 Å². The molecule has 0 saturated carbocycles. The summed E-state index contributed by atoms with van der Waals surface area (Å²) in [5, 5.41) is 0. The van der Waals surface area contributed by atoms with Crippen molar-refractivity contribution in [2.75, 3.05) is 6.61 Å². The Morgan fingerprint density at radius 2 is 1.68 bits per heavy atom. The first kappa shape index (κ1) is 15.2. The molecule has 0 N–H and O–H groups in total. The predicted octanol–water partition coefficient (Wildman–Crippen LogP) is 5.03. The van der Waals surface area contributed by atoms with Crippen molar-refractivity contribution in [2.45, 2.75) is 36.6 Å². The van der Waals surface area contributed by atoms with Gasteiger partial charge in [-0.25, -0.2) is 4.99 Å². The molecule has 1 aliphatic rings. The van der Waals surface area contributed by atoms with Gasteiger partial charge in [-0.1, -0.05) is 62.9 Å². The highest BCUT2D eigenvalue weighted by atomic mass is 32.2. The number of hydrogen-bond acceptors (Lipinski definition) is 3. The van der Waals surface area contributed by atoms with Crippen LogP contribution in [0.2, 0.25) is 0 Å². The number of ether oxygens (including phenoxy) is 1. The molecule has 0 spiro atoms. The third-order valence-electron chi connectivity index (χ3n) is 3.74. The van der Waals surface area contributed by atoms with E-state index in [0.717, 1.165) is 11.5 Å². The van der Waals surface area contributed by atoms with Gasteiger partial charge in [-0.3, -0.25) is 0 Å². The third kappa shape index (κ3) is 3.36. The van der Waals surface area contributed by atoms with Crippen molar-refractivity contribution >= 4 is 17.7 Å². The highest BCUT2D eigenvalue weighted by molar-refractivity contribution is 7.99. The van der Waals surface area contributed by atoms with Crippen LogP contribution in [0, 0.1) is 5.41 Å². The van der Waals surface area contributed by atoms with E-state index in [-0.39, 0.29) is 11.5 Å². The number of nitrogens with zero attached hydrogens (tertiary/aromatic N) is 1. The second-order valence-electron chi connectivity index (χ2n) is 6.54. The van der Waals surface area contributed by atoms with Crippen molar-refractivity contribution < 1.29 is 4.74 Å². The molecule has 22 heavy (non-hydrogen) atoms. The zero-order valence-corrected chi connectivity index (χ0v) is 14.1. The SMILES string of the molecule is CC(C)(C)[C@H]1COC(c2ccccc2Sc2ccccc2)=N1. The van der Waals surface area contributed by atoms with Gasteiger partial charge in [0.1, 0.15) is 6.61 Å². The van der Waals surface area contributed by atoms with Gasteiger partial charge in [0.2, 0.25) is 5.90 Å². The van der Waals surface area contributed by atoms with Gasteiger partial charge >= 0.3 is 0 Å². The summed E-state index contributed by atoms with van der Waals surface area (Å²) in [7, 11) is 0. The Morgan fingerprint density at radius 1 is 1.00 bits per heavy atom. The van der Waals surface area contributed by atoms with E-state index < -0.39 is 0 Å². The standard InChI is InChI=1S/C19H21NOS/c1-19(2,3)17-13-21-18(20-17)15-11-7-8-12-16(15)22-14-9-5-4-6-10-14/h4-12,17H,13H2,1-3H3/t17-/m1/s1. The van der Waals surface area contributed by atoms with Gasteiger partial charge in [0, 0.05) is 9.79 Å². The lowest BCUT2D eigenvalue weighted by molar-refractivity contribution is 0.235. The molecule has 1 atom stereocenters. The summed E-state index contributed by atoms with van der Waals surface area (Å²) in [5.74, 6) is 0.777. The van der Waals surface area contributed by atoms with Crippen LogP contribution in [0.15, 0.2) is 69.4 Å². The van der Waals surface area contributed by atoms with Crippen LogP contribution >= 0.6 is 11.8 Å². The maximum absolute atomic E-state index is 5.89. The van der Waals surface area contributed by atoms with Crippen LogP contribution < -0.4 is 0 Å². The van der Waals surface area contributed by atoms with Gasteiger partial charge in [-0.05, 0) is 29.7 Å². The zero-order valence-electron chi connectivity index (χ0n) is 13.2. The maximum atomic E-state index is 5.89. The van der Waals surface area contributed by atoms with E-state index in [2.05, 4.69) is 63.2 Å². The molecule has 0 aliphatic carbocycles. The Bertz CT molecular complexity index is 673. The van der Waals surface area contributed by atoms with Gasteiger partial charge in [0.05, 0.1) is 11.6 Å². The summed E-state index contributed by atoms with van der Waals surface area (Å²) < 4.78 is 5.89. The second-order valence-corrected chi connectivity index (χ2v) is 7.65. The maximum Gasteiger partial charge on any atom is 0.217 e. The first-order valence-corrected chi connectivity index (χ1v) is 8.38. The van der Waals surface area contributed by atoms with Crippen LogP contribution in [-0.4, -0.2) is 18.5 Å². The van der Waals surface area contributed by atoms with E-state index in [9.17, 15) is 0 Å². The molecule has 2 aromatic rings. The molecule has 0 bridgehead atoms. The number of benzene rings is 2. The molecule has 0 saturated heterocycles. The average molecular weight is 311 g/mol. The van der Waals surface area contributed by atoms with Crippen molar-refractivity contribution in [1.82, 2.24) is 0 Å². The van der Waals surface area contributed by atoms with Gasteiger partial charge in [-0.15, -0.1) is 0 Å². The van der Waals surface area contributed by atoms with E-state index in [1.54, 1.807) is 11.8 Å². The zero-order chi connectivity index (χ0) is 15.6. The van der Waals surface area contributed by atoms with Crippen molar-refractivity contribution in [1.29, 1.82) is 0 Å². The van der Waals surface area contributed by atoms with Gasteiger partial charge < -0.3 is 4.74 Å². The van der Waals surface area contributed by atoms with E-state index in [0.29, 0.717) is 6.61 Å². The molecule has 3 rings (SSSR count). The second kappa shape index (κ2) is 6.17. The van der Waals surface area contributed by atoms with Crippen LogP contribution in [0.3, 0.4) is 0 Å². The van der Waals surface area contributed by atoms with Crippen molar-refractivity contribution in [3.05, 3.63) is 60.2 Å². The topological polar surface area (TPSA) is 21.6 Å². The van der Waals surface area contributed by atoms with E-state index >= 15 is 0 Å². The first-order valence-electron chi connectivity index (χ1n) is 7.57. The highest BCUT2D eigenvalue weighted by Crippen LogP contribution is 2.33. The molecular weight excluding hydrogens is 290 g/mol. The smallest absolute Gasteiger partial charge is 0.217 e. The number of aliphatic imine (C=N–C) groups is 1. The first-order chi connectivity index (χ1) is 10.5. The molecule has 0 fully saturated rings. The molecule has 3 heteroatoms. The Hall–Kier alpha value is -1.74. The lowest BCUT2D eigenvalue weighted by Crippen LogP contribution is -2.25. The van der Waals surface area contributed by atoms with Crippen LogP contribution in [0.1, 0.15) is 26.3 Å². The Morgan fingerprint density at radius 3 is 2.36 bits per heavy atom. The van der Waals surface area contributed by atoms with Crippen LogP contribution in [0.25, 0.3) is 0 Å². The lowest BCUT2D eigenvalue weighted by atomic mass is 9.88. The Kier molecular flexibility index (Phi) is 4.25. The van der Waals surface area contributed by atoms with E-state index in [1.807, 2.05) is 12.1 Å². The molecule has 1 aliphatic heterocycles. The monoisotopic (exact) mass is 311 g/mol. The molecule has 2 aromatic carbocycles. The molecule has 114 valence electrons. The van der Waals surface area contributed by atoms with Gasteiger partial charge in [0.15, 0.2) is 0 Å². The molecule has 2 nitrogen and oxygen atoms in total.